The third-order valence-electron chi connectivity index (χ3n) is 3.38. The number of carbonyl (C=O) groups is 1. The predicted molar refractivity (Wildman–Crippen MR) is 80.7 cm³/mol. The molecule has 4 rings (SSSR count). The largest absolute Gasteiger partial charge is 0.360 e. The van der Waals surface area contributed by atoms with Crippen molar-refractivity contribution in [3.63, 3.8) is 0 Å². The van der Waals surface area contributed by atoms with Crippen LogP contribution in [0.1, 0.15) is 21.8 Å². The van der Waals surface area contributed by atoms with Crippen LogP contribution in [0.2, 0.25) is 0 Å². The van der Waals surface area contributed by atoms with Crippen molar-refractivity contribution in [1.82, 2.24) is 10.3 Å². The molecule has 6 nitrogen and oxygen atoms in total. The Kier molecular flexibility index (Phi) is 3.00. The first-order valence-electron chi connectivity index (χ1n) is 6.68. The zero-order valence-electron chi connectivity index (χ0n) is 11.6. The average molecular weight is 313 g/mol. The summed E-state index contributed by atoms with van der Waals surface area (Å²) < 4.78 is 10.3. The lowest BCUT2D eigenvalue weighted by Crippen LogP contribution is -2.14. The lowest BCUT2D eigenvalue weighted by molar-refractivity contribution is 0.101. The Balaban J connectivity index is 1.68. The molecule has 0 aliphatic carbocycles. The van der Waals surface area contributed by atoms with Gasteiger partial charge in [0.15, 0.2) is 17.3 Å². The van der Waals surface area contributed by atoms with E-state index in [2.05, 4.69) is 15.6 Å². The van der Waals surface area contributed by atoms with E-state index in [4.69, 9.17) is 9.05 Å². The number of aryl methyl sites for hydroxylation is 1. The first-order valence-corrected chi connectivity index (χ1v) is 7.66. The van der Waals surface area contributed by atoms with Crippen molar-refractivity contribution >= 4 is 23.5 Å². The number of anilines is 1. The summed E-state index contributed by atoms with van der Waals surface area (Å²) in [5, 5.41) is 10.3. The summed E-state index contributed by atoms with van der Waals surface area (Å²) in [4.78, 5) is 13.5. The molecule has 1 amide bonds. The van der Waals surface area contributed by atoms with Crippen molar-refractivity contribution in [1.29, 1.82) is 0 Å². The number of carbonyl (C=O) groups excluding carboxylic acids is 1. The minimum atomic E-state index is -0.349. The highest BCUT2D eigenvalue weighted by atomic mass is 32.2. The van der Waals surface area contributed by atoms with E-state index in [1.165, 1.54) is 0 Å². The van der Waals surface area contributed by atoms with Crippen LogP contribution in [-0.4, -0.2) is 16.2 Å². The molecule has 0 spiro atoms. The molecule has 3 aromatic rings. The van der Waals surface area contributed by atoms with Crippen LogP contribution in [0.3, 0.4) is 0 Å². The Morgan fingerprint density at radius 3 is 2.95 bits per heavy atom. The molecule has 0 saturated carbocycles. The van der Waals surface area contributed by atoms with Gasteiger partial charge in [-0.25, -0.2) is 0 Å². The summed E-state index contributed by atoms with van der Waals surface area (Å²) in [6.07, 6.45) is 0. The fraction of sp³-hybridized carbons (Fsp3) is 0.133. The molecule has 7 heteroatoms. The number of hydrogen-bond acceptors (Lipinski definition) is 6. The molecule has 0 unspecified atom stereocenters. The highest BCUT2D eigenvalue weighted by Gasteiger charge is 2.28. The smallest absolute Gasteiger partial charge is 0.279 e. The van der Waals surface area contributed by atoms with E-state index < -0.39 is 0 Å². The number of rotatable bonds is 2. The highest BCUT2D eigenvalue weighted by Crippen LogP contribution is 2.42. The summed E-state index contributed by atoms with van der Waals surface area (Å²) in [7, 11) is 0. The summed E-state index contributed by atoms with van der Waals surface area (Å²) in [5.41, 5.74) is 2.07. The normalized spacial score (nSPS) is 12.6. The van der Waals surface area contributed by atoms with E-state index >= 15 is 0 Å². The molecule has 1 aliphatic heterocycles. The molecular weight excluding hydrogens is 302 g/mol. The molecule has 22 heavy (non-hydrogen) atoms. The number of nitrogens with one attached hydrogen (secondary N) is 1. The topological polar surface area (TPSA) is 81.2 Å². The van der Waals surface area contributed by atoms with Gasteiger partial charge in [0.05, 0.1) is 0 Å². The van der Waals surface area contributed by atoms with Crippen LogP contribution in [0.5, 0.6) is 0 Å². The molecule has 0 atom stereocenters. The van der Waals surface area contributed by atoms with E-state index in [1.54, 1.807) is 24.8 Å². The predicted octanol–water partition coefficient (Wildman–Crippen LogP) is 3.50. The van der Waals surface area contributed by atoms with Crippen LogP contribution in [0, 0.1) is 6.92 Å². The van der Waals surface area contributed by atoms with Crippen molar-refractivity contribution in [3.05, 3.63) is 47.3 Å². The number of aromatic nitrogens is 2. The van der Waals surface area contributed by atoms with Gasteiger partial charge in [0.2, 0.25) is 0 Å². The SMILES string of the molecule is Cc1cc(NC(=O)c2noc3c2CSc2ccccc2-3)no1. The quantitative estimate of drug-likeness (QED) is 0.780. The summed E-state index contributed by atoms with van der Waals surface area (Å²) in [6, 6.07) is 9.56. The molecule has 1 aromatic carbocycles. The molecule has 0 bridgehead atoms. The van der Waals surface area contributed by atoms with Gasteiger partial charge in [-0.3, -0.25) is 4.79 Å². The molecule has 1 N–H and O–H groups in total. The van der Waals surface area contributed by atoms with Crippen LogP contribution in [-0.2, 0) is 5.75 Å². The van der Waals surface area contributed by atoms with Crippen LogP contribution in [0.25, 0.3) is 11.3 Å². The van der Waals surface area contributed by atoms with Crippen LogP contribution < -0.4 is 5.32 Å². The van der Waals surface area contributed by atoms with Gasteiger partial charge >= 0.3 is 0 Å². The fourth-order valence-corrected chi connectivity index (χ4v) is 3.42. The maximum Gasteiger partial charge on any atom is 0.279 e. The molecule has 0 radical (unpaired) electrons. The van der Waals surface area contributed by atoms with Crippen molar-refractivity contribution in [2.75, 3.05) is 5.32 Å². The minimum absolute atomic E-state index is 0.289. The summed E-state index contributed by atoms with van der Waals surface area (Å²) >= 11 is 1.66. The lowest BCUT2D eigenvalue weighted by atomic mass is 10.1. The Bertz CT molecular complexity index is 869. The number of amides is 1. The van der Waals surface area contributed by atoms with Crippen LogP contribution in [0.15, 0.2) is 44.3 Å². The van der Waals surface area contributed by atoms with E-state index in [9.17, 15) is 4.79 Å². The van der Waals surface area contributed by atoms with Gasteiger partial charge in [-0.2, -0.15) is 0 Å². The van der Waals surface area contributed by atoms with Gasteiger partial charge in [-0.05, 0) is 19.1 Å². The fourth-order valence-electron chi connectivity index (χ4n) is 2.36. The molecule has 110 valence electrons. The number of nitrogens with zero attached hydrogens (tertiary/aromatic N) is 2. The summed E-state index contributed by atoms with van der Waals surface area (Å²) in [5.74, 6) is 1.95. The molecule has 1 aliphatic rings. The maximum atomic E-state index is 12.3. The zero-order chi connectivity index (χ0) is 15.1. The highest BCUT2D eigenvalue weighted by molar-refractivity contribution is 7.98. The summed E-state index contributed by atoms with van der Waals surface area (Å²) in [6.45, 7) is 1.76. The number of thioether (sulfide) groups is 1. The Morgan fingerprint density at radius 2 is 2.14 bits per heavy atom. The maximum absolute atomic E-state index is 12.3. The van der Waals surface area contributed by atoms with Crippen molar-refractivity contribution in [2.45, 2.75) is 17.6 Å². The van der Waals surface area contributed by atoms with E-state index in [-0.39, 0.29) is 11.6 Å². The first-order chi connectivity index (χ1) is 10.7. The van der Waals surface area contributed by atoms with E-state index in [0.717, 1.165) is 16.0 Å². The van der Waals surface area contributed by atoms with E-state index in [0.29, 0.717) is 23.1 Å². The van der Waals surface area contributed by atoms with Gasteiger partial charge in [-0.1, -0.05) is 22.4 Å². The average Bonchev–Trinajstić information content (AvgIpc) is 3.13. The first kappa shape index (κ1) is 13.1. The second kappa shape index (κ2) is 5.03. The molecule has 3 heterocycles. The van der Waals surface area contributed by atoms with Gasteiger partial charge < -0.3 is 14.4 Å². The molecule has 2 aromatic heterocycles. The second-order valence-electron chi connectivity index (χ2n) is 4.90. The van der Waals surface area contributed by atoms with Crippen molar-refractivity contribution < 1.29 is 13.8 Å². The lowest BCUT2D eigenvalue weighted by Gasteiger charge is -2.13. The number of fused-ring (bicyclic) bond motifs is 3. The number of benzene rings is 1. The minimum Gasteiger partial charge on any atom is -0.360 e. The monoisotopic (exact) mass is 313 g/mol. The molecular formula is C15H11N3O3S. The Morgan fingerprint density at radius 1 is 1.27 bits per heavy atom. The van der Waals surface area contributed by atoms with Crippen molar-refractivity contribution in [2.24, 2.45) is 0 Å². The Hall–Kier alpha value is -2.54. The molecule has 0 fully saturated rings. The van der Waals surface area contributed by atoms with Crippen molar-refractivity contribution in [3.8, 4) is 11.3 Å². The van der Waals surface area contributed by atoms with Gasteiger partial charge in [-0.15, -0.1) is 11.8 Å². The standard InChI is InChI=1S/C15H11N3O3S/c1-8-6-12(17-20-8)16-15(19)13-10-7-22-11-5-3-2-4-9(11)14(10)21-18-13/h2-6H,7H2,1H3,(H,16,17,19). The Labute approximate surface area is 129 Å². The van der Waals surface area contributed by atoms with E-state index in [1.807, 2.05) is 24.3 Å². The van der Waals surface area contributed by atoms with Crippen LogP contribution in [0.4, 0.5) is 5.82 Å². The third-order valence-corrected chi connectivity index (χ3v) is 4.48. The molecule has 0 saturated heterocycles. The third kappa shape index (κ3) is 2.10. The second-order valence-corrected chi connectivity index (χ2v) is 5.92. The number of hydrogen-bond donors (Lipinski definition) is 1. The van der Waals surface area contributed by atoms with Gasteiger partial charge in [0.25, 0.3) is 5.91 Å². The van der Waals surface area contributed by atoms with Gasteiger partial charge in [0, 0.05) is 27.8 Å². The zero-order valence-corrected chi connectivity index (χ0v) is 12.4. The van der Waals surface area contributed by atoms with Gasteiger partial charge in [0.1, 0.15) is 5.76 Å². The van der Waals surface area contributed by atoms with Crippen LogP contribution >= 0.6 is 11.8 Å².